The van der Waals surface area contributed by atoms with Crippen molar-refractivity contribution >= 4 is 23.0 Å². The third-order valence-electron chi connectivity index (χ3n) is 11.4. The van der Waals surface area contributed by atoms with Crippen LogP contribution in [-0.2, 0) is 17.3 Å². The van der Waals surface area contributed by atoms with E-state index in [0.29, 0.717) is 11.3 Å². The zero-order valence-corrected chi connectivity index (χ0v) is 30.6. The van der Waals surface area contributed by atoms with E-state index in [1.807, 2.05) is 48.5 Å². The second-order valence-corrected chi connectivity index (χ2v) is 15.4. The highest BCUT2D eigenvalue weighted by molar-refractivity contribution is 5.94. The number of fused-ring (bicyclic) bond motifs is 6. The molecular formula is C50H41NO2. The van der Waals surface area contributed by atoms with E-state index in [0.717, 1.165) is 29.0 Å². The Hall–Kier alpha value is -6.19. The second-order valence-electron chi connectivity index (χ2n) is 15.4. The Morgan fingerprint density at radius 1 is 0.472 bits per heavy atom. The Labute approximate surface area is 312 Å². The van der Waals surface area contributed by atoms with E-state index in [-0.39, 0.29) is 10.8 Å². The average Bonchev–Trinajstić information content (AvgIpc) is 3.55. The van der Waals surface area contributed by atoms with Gasteiger partial charge in [0.05, 0.1) is 5.56 Å². The summed E-state index contributed by atoms with van der Waals surface area (Å²) in [6.45, 7) is 9.25. The largest absolute Gasteiger partial charge is 0.423 e. The molecule has 258 valence electrons. The lowest BCUT2D eigenvalue weighted by molar-refractivity contribution is 0.0734. The van der Waals surface area contributed by atoms with Crippen molar-refractivity contribution < 1.29 is 9.53 Å². The summed E-state index contributed by atoms with van der Waals surface area (Å²) in [5, 5.41) is 0. The first-order chi connectivity index (χ1) is 25.7. The lowest BCUT2D eigenvalue weighted by Gasteiger charge is -2.30. The van der Waals surface area contributed by atoms with E-state index in [1.54, 1.807) is 0 Å². The van der Waals surface area contributed by atoms with E-state index in [4.69, 9.17) is 4.74 Å². The van der Waals surface area contributed by atoms with Gasteiger partial charge in [0.15, 0.2) is 0 Å². The molecule has 7 aromatic rings. The number of anilines is 3. The van der Waals surface area contributed by atoms with E-state index >= 15 is 0 Å². The molecule has 3 nitrogen and oxygen atoms in total. The first-order valence-electron chi connectivity index (χ1n) is 18.4. The molecule has 0 amide bonds. The summed E-state index contributed by atoms with van der Waals surface area (Å²) in [5.41, 5.74) is 15.9. The molecular weight excluding hydrogens is 647 g/mol. The topological polar surface area (TPSA) is 29.5 Å². The van der Waals surface area contributed by atoms with Crippen LogP contribution in [0.4, 0.5) is 17.1 Å². The molecule has 0 saturated heterocycles. The molecule has 2 aliphatic rings. The van der Waals surface area contributed by atoms with Gasteiger partial charge in [0.2, 0.25) is 0 Å². The monoisotopic (exact) mass is 687 g/mol. The van der Waals surface area contributed by atoms with Gasteiger partial charge in [-0.1, -0.05) is 137 Å². The zero-order chi connectivity index (χ0) is 36.3. The number of esters is 1. The van der Waals surface area contributed by atoms with Crippen molar-refractivity contribution in [3.63, 3.8) is 0 Å². The van der Waals surface area contributed by atoms with Crippen LogP contribution in [0.3, 0.4) is 0 Å². The van der Waals surface area contributed by atoms with Gasteiger partial charge >= 0.3 is 5.97 Å². The first kappa shape index (κ1) is 32.7. The van der Waals surface area contributed by atoms with E-state index in [1.165, 1.54) is 50.1 Å². The van der Waals surface area contributed by atoms with Gasteiger partial charge < -0.3 is 9.64 Å². The SMILES string of the molecule is CC1(C)c2ccccc2-c2ccc(N(c3cccc(C(=O)Oc4ccc(Cc5ccccc5)cc4)c3)c3ccc4c(c3)C(C)(C)c3ccccc3-4)cc21. The summed E-state index contributed by atoms with van der Waals surface area (Å²) in [6.07, 6.45) is 0.824. The van der Waals surface area contributed by atoms with Gasteiger partial charge in [-0.05, 0) is 117 Å². The van der Waals surface area contributed by atoms with Crippen molar-refractivity contribution in [3.05, 3.63) is 203 Å². The third-order valence-corrected chi connectivity index (χ3v) is 11.4. The highest BCUT2D eigenvalue weighted by Crippen LogP contribution is 2.53. The predicted octanol–water partition coefficient (Wildman–Crippen LogP) is 12.6. The number of carbonyl (C=O) groups is 1. The maximum atomic E-state index is 13.7. The zero-order valence-electron chi connectivity index (χ0n) is 30.6. The Balaban J connectivity index is 1.10. The van der Waals surface area contributed by atoms with Crippen molar-refractivity contribution in [2.75, 3.05) is 4.90 Å². The highest BCUT2D eigenvalue weighted by atomic mass is 16.5. The molecule has 0 atom stereocenters. The van der Waals surface area contributed by atoms with Crippen molar-refractivity contribution in [3.8, 4) is 28.0 Å². The van der Waals surface area contributed by atoms with Crippen LogP contribution in [0.25, 0.3) is 22.3 Å². The van der Waals surface area contributed by atoms with Gasteiger partial charge in [-0.25, -0.2) is 4.79 Å². The summed E-state index contributed by atoms with van der Waals surface area (Å²) < 4.78 is 5.94. The standard InChI is InChI=1S/C50H41NO2/c1-49(2)44-19-10-8-17-40(44)42-27-23-37(31-46(42)49)51(38-24-28-43-41-18-9-11-20-45(41)50(3,4)47(43)32-38)36-16-12-15-35(30-36)48(52)53-39-25-21-34(22-26-39)29-33-13-6-5-7-14-33/h5-28,30-32H,29H2,1-4H3. The minimum Gasteiger partial charge on any atom is -0.423 e. The average molecular weight is 688 g/mol. The fraction of sp³-hybridized carbons (Fsp3) is 0.140. The molecule has 0 spiro atoms. The number of hydrogen-bond acceptors (Lipinski definition) is 3. The number of carbonyl (C=O) groups excluding carboxylic acids is 1. The molecule has 0 radical (unpaired) electrons. The lowest BCUT2D eigenvalue weighted by Crippen LogP contribution is -2.18. The van der Waals surface area contributed by atoms with E-state index in [2.05, 4.69) is 148 Å². The predicted molar refractivity (Wildman–Crippen MR) is 217 cm³/mol. The molecule has 0 bridgehead atoms. The number of hydrogen-bond donors (Lipinski definition) is 0. The number of benzene rings is 7. The van der Waals surface area contributed by atoms with Crippen molar-refractivity contribution in [1.29, 1.82) is 0 Å². The molecule has 0 unspecified atom stereocenters. The minimum atomic E-state index is -0.390. The van der Waals surface area contributed by atoms with Gasteiger partial charge in [0, 0.05) is 27.9 Å². The smallest absolute Gasteiger partial charge is 0.343 e. The van der Waals surface area contributed by atoms with Crippen LogP contribution in [0.1, 0.15) is 71.4 Å². The minimum absolute atomic E-state index is 0.155. The summed E-state index contributed by atoms with van der Waals surface area (Å²) >= 11 is 0. The normalized spacial score (nSPS) is 14.1. The van der Waals surface area contributed by atoms with Gasteiger partial charge in [0.1, 0.15) is 5.75 Å². The van der Waals surface area contributed by atoms with Gasteiger partial charge in [-0.2, -0.15) is 0 Å². The van der Waals surface area contributed by atoms with Crippen LogP contribution >= 0.6 is 0 Å². The molecule has 0 aliphatic heterocycles. The molecule has 0 saturated carbocycles. The van der Waals surface area contributed by atoms with Crippen LogP contribution in [0.15, 0.2) is 164 Å². The number of nitrogens with zero attached hydrogens (tertiary/aromatic N) is 1. The van der Waals surface area contributed by atoms with Crippen molar-refractivity contribution in [2.24, 2.45) is 0 Å². The Kier molecular flexibility index (Phi) is 7.71. The molecule has 0 N–H and O–H groups in total. The van der Waals surface area contributed by atoms with Gasteiger partial charge in [-0.15, -0.1) is 0 Å². The van der Waals surface area contributed by atoms with Crippen molar-refractivity contribution in [2.45, 2.75) is 44.9 Å². The summed E-state index contributed by atoms with van der Waals surface area (Å²) in [5.74, 6) is 0.133. The Bertz CT molecular complexity index is 2420. The molecule has 7 aromatic carbocycles. The molecule has 2 aliphatic carbocycles. The molecule has 0 fully saturated rings. The molecule has 53 heavy (non-hydrogen) atoms. The lowest BCUT2D eigenvalue weighted by atomic mass is 9.82. The van der Waals surface area contributed by atoms with Gasteiger partial charge in [-0.3, -0.25) is 0 Å². The van der Waals surface area contributed by atoms with E-state index < -0.39 is 5.97 Å². The summed E-state index contributed by atoms with van der Waals surface area (Å²) in [6, 6.07) is 57.1. The maximum absolute atomic E-state index is 13.7. The summed E-state index contributed by atoms with van der Waals surface area (Å²) in [7, 11) is 0. The molecule has 0 aromatic heterocycles. The fourth-order valence-corrected chi connectivity index (χ4v) is 8.55. The number of rotatable bonds is 7. The fourth-order valence-electron chi connectivity index (χ4n) is 8.55. The van der Waals surface area contributed by atoms with E-state index in [9.17, 15) is 4.79 Å². The molecule has 3 heteroatoms. The maximum Gasteiger partial charge on any atom is 0.343 e. The van der Waals surface area contributed by atoms with Crippen LogP contribution in [0.5, 0.6) is 5.75 Å². The number of ether oxygens (including phenoxy) is 1. The molecule has 0 heterocycles. The Morgan fingerprint density at radius 2 is 0.962 bits per heavy atom. The quantitative estimate of drug-likeness (QED) is 0.123. The molecule has 9 rings (SSSR count). The summed E-state index contributed by atoms with van der Waals surface area (Å²) in [4.78, 5) is 16.0. The highest BCUT2D eigenvalue weighted by Gasteiger charge is 2.37. The van der Waals surface area contributed by atoms with Crippen LogP contribution < -0.4 is 9.64 Å². The third kappa shape index (κ3) is 5.55. The van der Waals surface area contributed by atoms with Crippen LogP contribution in [-0.4, -0.2) is 5.97 Å². The Morgan fingerprint density at radius 3 is 1.55 bits per heavy atom. The second kappa shape index (κ2) is 12.5. The van der Waals surface area contributed by atoms with Gasteiger partial charge in [0.25, 0.3) is 0 Å². The van der Waals surface area contributed by atoms with Crippen molar-refractivity contribution in [1.82, 2.24) is 0 Å². The van der Waals surface area contributed by atoms with Crippen LogP contribution in [0, 0.1) is 0 Å². The van der Waals surface area contributed by atoms with Crippen LogP contribution in [0.2, 0.25) is 0 Å². The first-order valence-corrected chi connectivity index (χ1v) is 18.4.